The molecule has 0 fully saturated rings. The summed E-state index contributed by atoms with van der Waals surface area (Å²) in [7, 11) is 3.11. The molecule has 22 heavy (non-hydrogen) atoms. The predicted octanol–water partition coefficient (Wildman–Crippen LogP) is 2.79. The van der Waals surface area contributed by atoms with E-state index in [0.29, 0.717) is 11.8 Å². The highest BCUT2D eigenvalue weighted by Gasteiger charge is 1.95. The first kappa shape index (κ1) is 15.4. The average Bonchev–Trinajstić information content (AvgIpc) is 2.59. The van der Waals surface area contributed by atoms with Crippen LogP contribution in [0, 0.1) is 0 Å². The summed E-state index contributed by atoms with van der Waals surface area (Å²) in [5.41, 5.74) is 1.65. The Balaban J connectivity index is 1.95. The lowest BCUT2D eigenvalue weighted by Gasteiger charge is -1.98. The molecule has 0 unspecified atom stereocenters. The fraction of sp³-hybridized carbons (Fsp3) is 0.118. The molecule has 0 aliphatic heterocycles. The van der Waals surface area contributed by atoms with Gasteiger partial charge in [-0.25, -0.2) is 9.97 Å². The fourth-order valence-electron chi connectivity index (χ4n) is 1.63. The van der Waals surface area contributed by atoms with Crippen molar-refractivity contribution in [1.29, 1.82) is 0 Å². The zero-order chi connectivity index (χ0) is 15.8. The number of ketones is 1. The third-order valence-corrected chi connectivity index (χ3v) is 2.82. The Bertz CT molecular complexity index is 615. The highest BCUT2D eigenvalue weighted by Crippen LogP contribution is 2.09. The van der Waals surface area contributed by atoms with Gasteiger partial charge >= 0.3 is 0 Å². The lowest BCUT2D eigenvalue weighted by atomic mass is 10.2. The molecule has 0 N–H and O–H groups in total. The molecular weight excluding hydrogens is 280 g/mol. The number of carbonyl (C=O) groups is 1. The summed E-state index contributed by atoms with van der Waals surface area (Å²) in [4.78, 5) is 19.9. The Hall–Kier alpha value is -2.95. The van der Waals surface area contributed by atoms with Crippen molar-refractivity contribution in [3.63, 3.8) is 0 Å². The van der Waals surface area contributed by atoms with Crippen LogP contribution < -0.4 is 9.47 Å². The fourth-order valence-corrected chi connectivity index (χ4v) is 1.63. The van der Waals surface area contributed by atoms with Crippen molar-refractivity contribution in [2.75, 3.05) is 14.2 Å². The number of carbonyl (C=O) groups excluding carboxylic acids is 1. The minimum absolute atomic E-state index is 0.119. The molecule has 0 amide bonds. The van der Waals surface area contributed by atoms with Crippen LogP contribution in [-0.4, -0.2) is 30.0 Å². The molecule has 2 rings (SSSR count). The maximum Gasteiger partial charge on any atom is 0.212 e. The molecule has 0 saturated heterocycles. The molecule has 0 aromatic carbocycles. The Morgan fingerprint density at radius 3 is 1.64 bits per heavy atom. The number of ether oxygens (including phenoxy) is 2. The number of methoxy groups -OCH3 is 2. The first-order valence-electron chi connectivity index (χ1n) is 6.61. The molecule has 0 saturated carbocycles. The van der Waals surface area contributed by atoms with E-state index in [-0.39, 0.29) is 5.78 Å². The van der Waals surface area contributed by atoms with E-state index in [4.69, 9.17) is 9.47 Å². The third-order valence-electron chi connectivity index (χ3n) is 2.82. The van der Waals surface area contributed by atoms with Crippen LogP contribution in [-0.2, 0) is 4.79 Å². The van der Waals surface area contributed by atoms with Gasteiger partial charge < -0.3 is 9.47 Å². The number of pyridine rings is 2. The minimum Gasteiger partial charge on any atom is -0.481 e. The number of allylic oxidation sites excluding steroid dienone is 2. The second-order valence-corrected chi connectivity index (χ2v) is 4.34. The quantitative estimate of drug-likeness (QED) is 0.767. The van der Waals surface area contributed by atoms with Crippen LogP contribution in [0.2, 0.25) is 0 Å². The van der Waals surface area contributed by atoms with E-state index in [2.05, 4.69) is 9.97 Å². The van der Waals surface area contributed by atoms with Gasteiger partial charge in [-0.2, -0.15) is 0 Å². The second kappa shape index (κ2) is 7.73. The lowest BCUT2D eigenvalue weighted by Crippen LogP contribution is -1.88. The molecular formula is C17H16N2O3. The first-order chi connectivity index (χ1) is 10.7. The van der Waals surface area contributed by atoms with E-state index in [9.17, 15) is 4.79 Å². The topological polar surface area (TPSA) is 61.3 Å². The van der Waals surface area contributed by atoms with Gasteiger partial charge in [-0.05, 0) is 47.6 Å². The largest absolute Gasteiger partial charge is 0.481 e. The van der Waals surface area contributed by atoms with Crippen molar-refractivity contribution >= 4 is 17.9 Å². The lowest BCUT2D eigenvalue weighted by molar-refractivity contribution is -0.110. The number of aromatic nitrogens is 2. The summed E-state index contributed by atoms with van der Waals surface area (Å²) < 4.78 is 9.94. The van der Waals surface area contributed by atoms with Crippen LogP contribution >= 0.6 is 0 Å². The van der Waals surface area contributed by atoms with Gasteiger partial charge in [0, 0.05) is 24.5 Å². The van der Waals surface area contributed by atoms with Crippen LogP contribution in [0.25, 0.3) is 12.2 Å². The highest BCUT2D eigenvalue weighted by atomic mass is 16.5. The SMILES string of the molecule is COc1ccc(/C=C/C(=O)/C=C/c2ccc(OC)nc2)cn1. The normalized spacial score (nSPS) is 11.0. The Morgan fingerprint density at radius 2 is 1.32 bits per heavy atom. The van der Waals surface area contributed by atoms with Gasteiger partial charge in [-0.3, -0.25) is 4.79 Å². The molecule has 112 valence electrons. The second-order valence-electron chi connectivity index (χ2n) is 4.34. The molecule has 0 radical (unpaired) electrons. The summed E-state index contributed by atoms with van der Waals surface area (Å²) in [6.45, 7) is 0. The Morgan fingerprint density at radius 1 is 0.864 bits per heavy atom. The molecule has 2 aromatic heterocycles. The number of nitrogens with zero attached hydrogens (tertiary/aromatic N) is 2. The minimum atomic E-state index is -0.119. The maximum atomic E-state index is 11.8. The van der Waals surface area contributed by atoms with E-state index in [0.717, 1.165) is 11.1 Å². The predicted molar refractivity (Wildman–Crippen MR) is 84.7 cm³/mol. The average molecular weight is 296 g/mol. The molecule has 0 aliphatic rings. The molecule has 0 atom stereocenters. The molecule has 0 spiro atoms. The summed E-state index contributed by atoms with van der Waals surface area (Å²) in [5, 5.41) is 0. The summed E-state index contributed by atoms with van der Waals surface area (Å²) in [6, 6.07) is 7.13. The maximum absolute atomic E-state index is 11.8. The van der Waals surface area contributed by atoms with Gasteiger partial charge in [0.25, 0.3) is 0 Å². The van der Waals surface area contributed by atoms with Crippen LogP contribution in [0.5, 0.6) is 11.8 Å². The molecule has 2 heterocycles. The van der Waals surface area contributed by atoms with Crippen LogP contribution in [0.1, 0.15) is 11.1 Å². The van der Waals surface area contributed by atoms with Crippen molar-refractivity contribution in [1.82, 2.24) is 9.97 Å². The molecule has 2 aromatic rings. The van der Waals surface area contributed by atoms with Crippen LogP contribution in [0.15, 0.2) is 48.8 Å². The number of hydrogen-bond acceptors (Lipinski definition) is 5. The highest BCUT2D eigenvalue weighted by molar-refractivity contribution is 6.04. The third kappa shape index (κ3) is 4.56. The summed E-state index contributed by atoms with van der Waals surface area (Å²) in [6.07, 6.45) is 9.64. The van der Waals surface area contributed by atoms with E-state index in [1.165, 1.54) is 12.2 Å². The van der Waals surface area contributed by atoms with Crippen molar-refractivity contribution in [3.8, 4) is 11.8 Å². The van der Waals surface area contributed by atoms with Crippen molar-refractivity contribution in [2.45, 2.75) is 0 Å². The molecule has 5 heteroatoms. The van der Waals surface area contributed by atoms with Gasteiger partial charge in [0.1, 0.15) is 0 Å². The van der Waals surface area contributed by atoms with Gasteiger partial charge in [0.15, 0.2) is 5.78 Å². The van der Waals surface area contributed by atoms with Gasteiger partial charge in [0.2, 0.25) is 11.8 Å². The first-order valence-corrected chi connectivity index (χ1v) is 6.61. The Kier molecular flexibility index (Phi) is 5.43. The van der Waals surface area contributed by atoms with Gasteiger partial charge in [-0.1, -0.05) is 0 Å². The van der Waals surface area contributed by atoms with Gasteiger partial charge in [0.05, 0.1) is 14.2 Å². The Labute approximate surface area is 128 Å². The van der Waals surface area contributed by atoms with E-state index in [1.807, 2.05) is 12.1 Å². The zero-order valence-electron chi connectivity index (χ0n) is 12.4. The number of hydrogen-bond donors (Lipinski definition) is 0. The van der Waals surface area contributed by atoms with E-state index >= 15 is 0 Å². The number of rotatable bonds is 6. The molecule has 0 aliphatic carbocycles. The van der Waals surface area contributed by atoms with Crippen molar-refractivity contribution in [3.05, 3.63) is 59.9 Å². The van der Waals surface area contributed by atoms with Crippen LogP contribution in [0.3, 0.4) is 0 Å². The summed E-state index contributed by atoms with van der Waals surface area (Å²) in [5.74, 6) is 0.956. The molecule has 5 nitrogen and oxygen atoms in total. The van der Waals surface area contributed by atoms with Crippen molar-refractivity contribution < 1.29 is 14.3 Å². The smallest absolute Gasteiger partial charge is 0.212 e. The van der Waals surface area contributed by atoms with E-state index < -0.39 is 0 Å². The van der Waals surface area contributed by atoms with Gasteiger partial charge in [-0.15, -0.1) is 0 Å². The standard InChI is InChI=1S/C17H16N2O3/c1-21-16-9-5-13(11-18-16)3-7-15(20)8-4-14-6-10-17(22-2)19-12-14/h3-12H,1-2H3/b7-3+,8-4+. The van der Waals surface area contributed by atoms with Crippen molar-refractivity contribution in [2.24, 2.45) is 0 Å². The monoisotopic (exact) mass is 296 g/mol. The zero-order valence-corrected chi connectivity index (χ0v) is 12.4. The van der Waals surface area contributed by atoms with Crippen LogP contribution in [0.4, 0.5) is 0 Å². The van der Waals surface area contributed by atoms with E-state index in [1.54, 1.807) is 50.9 Å². The summed E-state index contributed by atoms with van der Waals surface area (Å²) >= 11 is 0. The molecule has 0 bridgehead atoms.